The van der Waals surface area contributed by atoms with Gasteiger partial charge in [-0.15, -0.1) is 0 Å². The molecule has 0 amide bonds. The van der Waals surface area contributed by atoms with Gasteiger partial charge in [0.25, 0.3) is 0 Å². The molecule has 0 radical (unpaired) electrons. The minimum atomic E-state index is -0.167. The lowest BCUT2D eigenvalue weighted by Crippen LogP contribution is -1.84. The molecule has 0 bridgehead atoms. The van der Waals surface area contributed by atoms with Gasteiger partial charge in [-0.25, -0.2) is 4.39 Å². The van der Waals surface area contributed by atoms with Gasteiger partial charge in [0.05, 0.1) is 4.60 Å². The number of halogens is 2. The van der Waals surface area contributed by atoms with Crippen LogP contribution in [-0.2, 0) is 0 Å². The first-order chi connectivity index (χ1) is 6.66. The predicted octanol–water partition coefficient (Wildman–Crippen LogP) is 3.89. The van der Waals surface area contributed by atoms with Gasteiger partial charge in [0.15, 0.2) is 0 Å². The Kier molecular flexibility index (Phi) is 2.42. The molecule has 1 aromatic heterocycles. The topological polar surface area (TPSA) is 15.8 Å². The Labute approximate surface area is 90.1 Å². The van der Waals surface area contributed by atoms with Crippen molar-refractivity contribution in [1.82, 2.24) is 4.98 Å². The summed E-state index contributed by atoms with van der Waals surface area (Å²) in [7, 11) is 0. The van der Waals surface area contributed by atoms with E-state index in [0.717, 1.165) is 15.9 Å². The Hall–Kier alpha value is -1.09. The summed E-state index contributed by atoms with van der Waals surface area (Å²) in [5.41, 5.74) is 2.64. The van der Waals surface area contributed by atoms with Crippen LogP contribution in [0.2, 0.25) is 0 Å². The minimum Gasteiger partial charge on any atom is -0.349 e. The highest BCUT2D eigenvalue weighted by Crippen LogP contribution is 2.22. The number of nitrogens with one attached hydrogen (secondary N) is 1. The average molecular weight is 254 g/mol. The first-order valence-electron chi connectivity index (χ1n) is 4.28. The summed E-state index contributed by atoms with van der Waals surface area (Å²) in [5.74, 6) is -0.167. The van der Waals surface area contributed by atoms with Crippen molar-refractivity contribution in [3.63, 3.8) is 0 Å². The fourth-order valence-electron chi connectivity index (χ4n) is 1.35. The summed E-state index contributed by atoms with van der Waals surface area (Å²) in [6.45, 7) is 1.76. The van der Waals surface area contributed by atoms with Crippen LogP contribution >= 0.6 is 15.9 Å². The second-order valence-electron chi connectivity index (χ2n) is 3.18. The van der Waals surface area contributed by atoms with Crippen LogP contribution < -0.4 is 0 Å². The average Bonchev–Trinajstić information content (AvgIpc) is 2.57. The summed E-state index contributed by atoms with van der Waals surface area (Å²) in [5, 5.41) is 0. The highest BCUT2D eigenvalue weighted by molar-refractivity contribution is 9.10. The smallest absolute Gasteiger partial charge is 0.126 e. The third-order valence-electron chi connectivity index (χ3n) is 2.12. The number of aromatic amines is 1. The normalized spacial score (nSPS) is 10.5. The van der Waals surface area contributed by atoms with Crippen molar-refractivity contribution in [3.05, 3.63) is 46.3 Å². The summed E-state index contributed by atoms with van der Waals surface area (Å²) < 4.78 is 13.9. The molecule has 2 rings (SSSR count). The molecule has 1 nitrogen and oxygen atoms in total. The Morgan fingerprint density at radius 1 is 1.21 bits per heavy atom. The van der Waals surface area contributed by atoms with Gasteiger partial charge in [-0.1, -0.05) is 0 Å². The van der Waals surface area contributed by atoms with E-state index in [4.69, 9.17) is 0 Å². The van der Waals surface area contributed by atoms with Crippen LogP contribution in [0.4, 0.5) is 4.39 Å². The fraction of sp³-hybridized carbons (Fsp3) is 0.0909. The van der Waals surface area contributed by atoms with Gasteiger partial charge in [-0.2, -0.15) is 0 Å². The van der Waals surface area contributed by atoms with Crippen LogP contribution in [0.5, 0.6) is 0 Å². The zero-order chi connectivity index (χ0) is 10.1. The SMILES string of the molecule is Cc1cc(-c2ccc(Br)[nH]2)ccc1F. The molecule has 0 aliphatic heterocycles. The lowest BCUT2D eigenvalue weighted by molar-refractivity contribution is 0.619. The zero-order valence-electron chi connectivity index (χ0n) is 7.64. The second-order valence-corrected chi connectivity index (χ2v) is 4.04. The van der Waals surface area contributed by atoms with Gasteiger partial charge in [-0.3, -0.25) is 0 Å². The zero-order valence-corrected chi connectivity index (χ0v) is 9.23. The van der Waals surface area contributed by atoms with Crippen LogP contribution in [0, 0.1) is 12.7 Å². The molecule has 0 saturated heterocycles. The second kappa shape index (κ2) is 3.58. The van der Waals surface area contributed by atoms with Gasteiger partial charge in [-0.05, 0) is 64.3 Å². The molecule has 72 valence electrons. The number of benzene rings is 1. The van der Waals surface area contributed by atoms with E-state index < -0.39 is 0 Å². The minimum absolute atomic E-state index is 0.167. The van der Waals surface area contributed by atoms with Crippen molar-refractivity contribution >= 4 is 15.9 Å². The largest absolute Gasteiger partial charge is 0.349 e. The maximum Gasteiger partial charge on any atom is 0.126 e. The summed E-state index contributed by atoms with van der Waals surface area (Å²) in [6, 6.07) is 8.96. The van der Waals surface area contributed by atoms with E-state index in [1.165, 1.54) is 6.07 Å². The highest BCUT2D eigenvalue weighted by atomic mass is 79.9. The Bertz CT molecular complexity index is 462. The first-order valence-corrected chi connectivity index (χ1v) is 5.07. The highest BCUT2D eigenvalue weighted by Gasteiger charge is 2.02. The molecule has 0 atom stereocenters. The lowest BCUT2D eigenvalue weighted by atomic mass is 10.1. The number of aryl methyl sites for hydroxylation is 1. The maximum absolute atomic E-state index is 13.0. The molecule has 0 fully saturated rings. The van der Waals surface area contributed by atoms with Crippen LogP contribution in [0.3, 0.4) is 0 Å². The van der Waals surface area contributed by atoms with Crippen molar-refractivity contribution < 1.29 is 4.39 Å². The van der Waals surface area contributed by atoms with Crippen LogP contribution in [0.25, 0.3) is 11.3 Å². The number of H-pyrrole nitrogens is 1. The van der Waals surface area contributed by atoms with Crippen molar-refractivity contribution in [2.24, 2.45) is 0 Å². The monoisotopic (exact) mass is 253 g/mol. The molecular formula is C11H9BrFN. The lowest BCUT2D eigenvalue weighted by Gasteiger charge is -2.00. The summed E-state index contributed by atoms with van der Waals surface area (Å²) >= 11 is 3.33. The number of rotatable bonds is 1. The van der Waals surface area contributed by atoms with Crippen LogP contribution in [-0.4, -0.2) is 4.98 Å². The van der Waals surface area contributed by atoms with Crippen molar-refractivity contribution in [1.29, 1.82) is 0 Å². The molecule has 1 heterocycles. The molecule has 1 N–H and O–H groups in total. The van der Waals surface area contributed by atoms with Crippen LogP contribution in [0.1, 0.15) is 5.56 Å². The number of hydrogen-bond acceptors (Lipinski definition) is 0. The molecule has 0 unspecified atom stereocenters. The van der Waals surface area contributed by atoms with E-state index in [9.17, 15) is 4.39 Å². The van der Waals surface area contributed by atoms with Crippen LogP contribution in [0.15, 0.2) is 34.9 Å². The molecule has 14 heavy (non-hydrogen) atoms. The molecular weight excluding hydrogens is 245 g/mol. The maximum atomic E-state index is 13.0. The molecule has 1 aromatic carbocycles. The molecule has 0 aliphatic carbocycles. The molecule has 3 heteroatoms. The number of aromatic nitrogens is 1. The van der Waals surface area contributed by atoms with Gasteiger partial charge in [0.2, 0.25) is 0 Å². The quantitative estimate of drug-likeness (QED) is 0.794. The predicted molar refractivity (Wildman–Crippen MR) is 58.6 cm³/mol. The Balaban J connectivity index is 2.47. The van der Waals surface area contributed by atoms with Crippen molar-refractivity contribution in [3.8, 4) is 11.3 Å². The van der Waals surface area contributed by atoms with E-state index in [2.05, 4.69) is 20.9 Å². The number of hydrogen-bond donors (Lipinski definition) is 1. The van der Waals surface area contributed by atoms with E-state index in [-0.39, 0.29) is 5.82 Å². The first kappa shape index (κ1) is 9.46. The fourth-order valence-corrected chi connectivity index (χ4v) is 1.69. The Morgan fingerprint density at radius 3 is 2.57 bits per heavy atom. The third-order valence-corrected chi connectivity index (χ3v) is 2.58. The standard InChI is InChI=1S/C11H9BrFN/c1-7-6-8(2-3-9(7)13)10-4-5-11(12)14-10/h2-6,14H,1H3. The van der Waals surface area contributed by atoms with E-state index in [0.29, 0.717) is 5.56 Å². The summed E-state index contributed by atoms with van der Waals surface area (Å²) in [6.07, 6.45) is 0. The van der Waals surface area contributed by atoms with Crippen molar-refractivity contribution in [2.75, 3.05) is 0 Å². The van der Waals surface area contributed by atoms with Gasteiger partial charge < -0.3 is 4.98 Å². The van der Waals surface area contributed by atoms with E-state index >= 15 is 0 Å². The molecule has 2 aromatic rings. The molecule has 0 aliphatic rings. The molecule has 0 spiro atoms. The van der Waals surface area contributed by atoms with Gasteiger partial charge in [0, 0.05) is 5.69 Å². The van der Waals surface area contributed by atoms with Gasteiger partial charge in [0.1, 0.15) is 5.82 Å². The summed E-state index contributed by atoms with van der Waals surface area (Å²) in [4.78, 5) is 3.13. The molecule has 0 saturated carbocycles. The van der Waals surface area contributed by atoms with E-state index in [1.807, 2.05) is 18.2 Å². The van der Waals surface area contributed by atoms with Crippen molar-refractivity contribution in [2.45, 2.75) is 6.92 Å². The Morgan fingerprint density at radius 2 is 2.00 bits per heavy atom. The van der Waals surface area contributed by atoms with E-state index in [1.54, 1.807) is 13.0 Å². The van der Waals surface area contributed by atoms with Gasteiger partial charge >= 0.3 is 0 Å². The third kappa shape index (κ3) is 1.73.